The van der Waals surface area contributed by atoms with Gasteiger partial charge in [0, 0.05) is 46.0 Å². The number of aromatic nitrogens is 2. The van der Waals surface area contributed by atoms with E-state index in [0.717, 1.165) is 38.4 Å². The summed E-state index contributed by atoms with van der Waals surface area (Å²) in [6, 6.07) is 7.13. The maximum Gasteiger partial charge on any atom is 0.191 e. The lowest BCUT2D eigenvalue weighted by Gasteiger charge is -2.34. The van der Waals surface area contributed by atoms with Gasteiger partial charge in [-0.3, -0.25) is 9.67 Å². The van der Waals surface area contributed by atoms with Crippen LogP contribution in [0, 0.1) is 13.8 Å². The fraction of sp³-hybridized carbons (Fsp3) is 0.524. The highest BCUT2D eigenvalue weighted by atomic mass is 15.3. The maximum absolute atomic E-state index is 4.41. The Kier molecular flexibility index (Phi) is 6.37. The van der Waals surface area contributed by atoms with E-state index in [0.29, 0.717) is 6.04 Å². The molecule has 0 amide bonds. The lowest BCUT2D eigenvalue weighted by atomic mass is 10.1. The van der Waals surface area contributed by atoms with Crippen molar-refractivity contribution in [2.24, 2.45) is 12.0 Å². The third-order valence-corrected chi connectivity index (χ3v) is 5.03. The monoisotopic (exact) mass is 368 g/mol. The minimum absolute atomic E-state index is 0.395. The molecule has 6 nitrogen and oxygen atoms in total. The SMILES string of the molecule is CN=C(NCCc1cc(C)cc(C)c1)NC1CCCN(c2cnn(C)c2)C1. The van der Waals surface area contributed by atoms with Gasteiger partial charge in [0.15, 0.2) is 5.96 Å². The van der Waals surface area contributed by atoms with E-state index in [-0.39, 0.29) is 0 Å². The standard InChI is InChI=1S/C21H32N6/c1-16-10-17(2)12-18(11-16)7-8-23-21(22-3)25-19-6-5-9-27(14-19)20-13-24-26(4)15-20/h10-13,15,19H,5-9,14H2,1-4H3,(H2,22,23,25). The second-order valence-electron chi connectivity index (χ2n) is 7.55. The molecule has 1 fully saturated rings. The topological polar surface area (TPSA) is 57.5 Å². The molecule has 0 radical (unpaired) electrons. The zero-order valence-corrected chi connectivity index (χ0v) is 17.0. The van der Waals surface area contributed by atoms with Gasteiger partial charge in [-0.1, -0.05) is 29.3 Å². The molecule has 2 N–H and O–H groups in total. The number of hydrogen-bond acceptors (Lipinski definition) is 3. The van der Waals surface area contributed by atoms with Gasteiger partial charge in [-0.05, 0) is 38.7 Å². The summed E-state index contributed by atoms with van der Waals surface area (Å²) in [5, 5.41) is 11.4. The van der Waals surface area contributed by atoms with Crippen LogP contribution in [0.4, 0.5) is 5.69 Å². The molecule has 3 rings (SSSR count). The zero-order chi connectivity index (χ0) is 19.2. The van der Waals surface area contributed by atoms with Crippen molar-refractivity contribution < 1.29 is 0 Å². The molecule has 2 aromatic rings. The van der Waals surface area contributed by atoms with Crippen LogP contribution in [0.5, 0.6) is 0 Å². The summed E-state index contributed by atoms with van der Waals surface area (Å²) in [7, 11) is 3.80. The molecule has 1 atom stereocenters. The van der Waals surface area contributed by atoms with Gasteiger partial charge >= 0.3 is 0 Å². The Hall–Kier alpha value is -2.50. The second kappa shape index (κ2) is 8.93. The van der Waals surface area contributed by atoms with E-state index in [1.807, 2.05) is 25.0 Å². The molecule has 0 saturated carbocycles. The van der Waals surface area contributed by atoms with Gasteiger partial charge in [-0.25, -0.2) is 0 Å². The van der Waals surface area contributed by atoms with Crippen LogP contribution < -0.4 is 15.5 Å². The van der Waals surface area contributed by atoms with Crippen LogP contribution in [0.15, 0.2) is 35.6 Å². The van der Waals surface area contributed by atoms with Gasteiger partial charge in [-0.2, -0.15) is 5.10 Å². The Morgan fingerprint density at radius 3 is 2.70 bits per heavy atom. The normalized spacial score (nSPS) is 17.9. The molecule has 1 unspecified atom stereocenters. The number of guanidine groups is 1. The number of nitrogens with one attached hydrogen (secondary N) is 2. The van der Waals surface area contributed by atoms with Crippen molar-refractivity contribution in [1.82, 2.24) is 20.4 Å². The molecule has 0 bridgehead atoms. The van der Waals surface area contributed by atoms with E-state index < -0.39 is 0 Å². The van der Waals surface area contributed by atoms with Crippen LogP contribution in [-0.4, -0.2) is 48.5 Å². The van der Waals surface area contributed by atoms with Crippen molar-refractivity contribution in [3.05, 3.63) is 47.3 Å². The minimum Gasteiger partial charge on any atom is -0.367 e. The van der Waals surface area contributed by atoms with Gasteiger partial charge in [0.1, 0.15) is 0 Å². The van der Waals surface area contributed by atoms with Crippen molar-refractivity contribution in [2.75, 3.05) is 31.6 Å². The minimum atomic E-state index is 0.395. The van der Waals surface area contributed by atoms with Crippen LogP contribution in [0.2, 0.25) is 0 Å². The average molecular weight is 369 g/mol. The predicted molar refractivity (Wildman–Crippen MR) is 113 cm³/mol. The van der Waals surface area contributed by atoms with Crippen molar-refractivity contribution in [3.63, 3.8) is 0 Å². The van der Waals surface area contributed by atoms with Crippen LogP contribution in [0.1, 0.15) is 29.5 Å². The molecule has 0 spiro atoms. The van der Waals surface area contributed by atoms with Crippen LogP contribution >= 0.6 is 0 Å². The predicted octanol–water partition coefficient (Wildman–Crippen LogP) is 2.41. The van der Waals surface area contributed by atoms with Crippen molar-refractivity contribution >= 4 is 11.6 Å². The maximum atomic E-state index is 4.41. The molecule has 146 valence electrons. The molecule has 1 saturated heterocycles. The van der Waals surface area contributed by atoms with E-state index >= 15 is 0 Å². The third kappa shape index (κ3) is 5.49. The quantitative estimate of drug-likeness (QED) is 0.629. The lowest BCUT2D eigenvalue weighted by Crippen LogP contribution is -2.51. The number of piperidine rings is 1. The Morgan fingerprint density at radius 2 is 2.04 bits per heavy atom. The lowest BCUT2D eigenvalue weighted by molar-refractivity contribution is 0.468. The molecular formula is C21H32N6. The molecule has 1 aliphatic rings. The molecule has 2 heterocycles. The van der Waals surface area contributed by atoms with Gasteiger partial charge < -0.3 is 15.5 Å². The number of aliphatic imine (C=N–C) groups is 1. The number of rotatable bonds is 5. The van der Waals surface area contributed by atoms with Crippen molar-refractivity contribution in [2.45, 2.75) is 39.2 Å². The summed E-state index contributed by atoms with van der Waals surface area (Å²) in [5.41, 5.74) is 5.22. The summed E-state index contributed by atoms with van der Waals surface area (Å²) in [6.45, 7) is 7.25. The number of anilines is 1. The Labute approximate surface area is 162 Å². The molecule has 0 aliphatic carbocycles. The van der Waals surface area contributed by atoms with Crippen LogP contribution in [0.25, 0.3) is 0 Å². The van der Waals surface area contributed by atoms with Crippen molar-refractivity contribution in [1.29, 1.82) is 0 Å². The smallest absolute Gasteiger partial charge is 0.191 e. The van der Waals surface area contributed by atoms with E-state index in [9.17, 15) is 0 Å². The molecule has 1 aliphatic heterocycles. The van der Waals surface area contributed by atoms with E-state index in [1.165, 1.54) is 28.8 Å². The highest BCUT2D eigenvalue weighted by Crippen LogP contribution is 2.19. The van der Waals surface area contributed by atoms with E-state index in [2.05, 4.69) is 63.9 Å². The van der Waals surface area contributed by atoms with Gasteiger partial charge in [0.2, 0.25) is 0 Å². The first-order valence-corrected chi connectivity index (χ1v) is 9.81. The van der Waals surface area contributed by atoms with Crippen molar-refractivity contribution in [3.8, 4) is 0 Å². The Balaban J connectivity index is 1.49. The van der Waals surface area contributed by atoms with Gasteiger partial charge in [0.05, 0.1) is 11.9 Å². The average Bonchev–Trinajstić information content (AvgIpc) is 3.07. The number of benzene rings is 1. The largest absolute Gasteiger partial charge is 0.367 e. The molecule has 1 aromatic heterocycles. The summed E-state index contributed by atoms with van der Waals surface area (Å²) in [6.07, 6.45) is 7.36. The number of aryl methyl sites for hydroxylation is 3. The molecule has 27 heavy (non-hydrogen) atoms. The number of nitrogens with zero attached hydrogens (tertiary/aromatic N) is 4. The second-order valence-corrected chi connectivity index (χ2v) is 7.55. The first-order chi connectivity index (χ1) is 13.0. The first kappa shape index (κ1) is 19.3. The van der Waals surface area contributed by atoms with Gasteiger partial charge in [0.25, 0.3) is 0 Å². The fourth-order valence-corrected chi connectivity index (χ4v) is 3.83. The summed E-state index contributed by atoms with van der Waals surface area (Å²) < 4.78 is 1.86. The first-order valence-electron chi connectivity index (χ1n) is 9.81. The summed E-state index contributed by atoms with van der Waals surface area (Å²) >= 11 is 0. The highest BCUT2D eigenvalue weighted by Gasteiger charge is 2.21. The van der Waals surface area contributed by atoms with E-state index in [4.69, 9.17) is 0 Å². The molecule has 1 aromatic carbocycles. The third-order valence-electron chi connectivity index (χ3n) is 5.03. The highest BCUT2D eigenvalue weighted by molar-refractivity contribution is 5.80. The Bertz CT molecular complexity index is 758. The van der Waals surface area contributed by atoms with Crippen LogP contribution in [0.3, 0.4) is 0 Å². The zero-order valence-electron chi connectivity index (χ0n) is 17.0. The Morgan fingerprint density at radius 1 is 1.26 bits per heavy atom. The molecular weight excluding hydrogens is 336 g/mol. The number of hydrogen-bond donors (Lipinski definition) is 2. The van der Waals surface area contributed by atoms with Gasteiger partial charge in [-0.15, -0.1) is 0 Å². The summed E-state index contributed by atoms with van der Waals surface area (Å²) in [4.78, 5) is 6.81. The van der Waals surface area contributed by atoms with Crippen LogP contribution in [-0.2, 0) is 13.5 Å². The van der Waals surface area contributed by atoms with E-state index in [1.54, 1.807) is 0 Å². The summed E-state index contributed by atoms with van der Waals surface area (Å²) in [5.74, 6) is 0.886. The fourth-order valence-electron chi connectivity index (χ4n) is 3.83. The molecule has 6 heteroatoms.